The quantitative estimate of drug-likeness (QED) is 0.621. The van der Waals surface area contributed by atoms with Crippen LogP contribution in [-0.2, 0) is 4.79 Å². The zero-order chi connectivity index (χ0) is 19.6. The molecule has 0 saturated carbocycles. The van der Waals surface area contributed by atoms with E-state index in [0.717, 1.165) is 5.39 Å². The van der Waals surface area contributed by atoms with Gasteiger partial charge in [0.2, 0.25) is 5.91 Å². The van der Waals surface area contributed by atoms with Crippen LogP contribution >= 0.6 is 11.6 Å². The number of ether oxygens (including phenoxy) is 1. The van der Waals surface area contributed by atoms with Crippen molar-refractivity contribution in [1.29, 1.82) is 0 Å². The van der Waals surface area contributed by atoms with Gasteiger partial charge in [-0.1, -0.05) is 11.6 Å². The molecule has 3 N–H and O–H groups in total. The summed E-state index contributed by atoms with van der Waals surface area (Å²) >= 11 is 6.19. The zero-order valence-electron chi connectivity index (χ0n) is 15.1. The van der Waals surface area contributed by atoms with E-state index < -0.39 is 0 Å². The summed E-state index contributed by atoms with van der Waals surface area (Å²) in [5.41, 5.74) is 1.59. The first-order valence-corrected chi connectivity index (χ1v) is 8.66. The van der Waals surface area contributed by atoms with Crippen LogP contribution in [0.4, 0.5) is 11.5 Å². The lowest BCUT2D eigenvalue weighted by atomic mass is 10.1. The standard InChI is InChI=1S/C19H19ClN4O3/c1-10(22-18-8-13(4-5-21-18)23-11(2)25)14-6-12-7-15(20)17(27-3)9-16(12)24-19(14)26/h4-10H,1-3H3,(H,24,26)(H2,21,22,23,25)/t10-/m0/s1. The number of aromatic nitrogens is 2. The fraction of sp³-hybridized carbons (Fsp3) is 0.211. The number of rotatable bonds is 5. The first-order chi connectivity index (χ1) is 12.9. The number of anilines is 2. The van der Waals surface area contributed by atoms with Crippen molar-refractivity contribution in [1.82, 2.24) is 9.97 Å². The van der Waals surface area contributed by atoms with Gasteiger partial charge in [0.05, 0.1) is 23.7 Å². The minimum absolute atomic E-state index is 0.168. The molecule has 0 spiro atoms. The second-order valence-corrected chi connectivity index (χ2v) is 6.51. The lowest BCUT2D eigenvalue weighted by Crippen LogP contribution is -2.20. The third kappa shape index (κ3) is 4.20. The van der Waals surface area contributed by atoms with Crippen LogP contribution in [0.1, 0.15) is 25.5 Å². The molecular formula is C19H19ClN4O3. The van der Waals surface area contributed by atoms with Gasteiger partial charge in [-0.2, -0.15) is 0 Å². The molecule has 27 heavy (non-hydrogen) atoms. The summed E-state index contributed by atoms with van der Waals surface area (Å²) in [5.74, 6) is 0.872. The molecule has 2 aromatic heterocycles. The molecule has 0 aliphatic carbocycles. The van der Waals surface area contributed by atoms with Gasteiger partial charge in [-0.3, -0.25) is 9.59 Å². The summed E-state index contributed by atoms with van der Waals surface area (Å²) in [6, 6.07) is 8.30. The molecule has 0 saturated heterocycles. The van der Waals surface area contributed by atoms with E-state index in [2.05, 4.69) is 20.6 Å². The van der Waals surface area contributed by atoms with E-state index in [9.17, 15) is 9.59 Å². The summed E-state index contributed by atoms with van der Waals surface area (Å²) in [6.07, 6.45) is 1.58. The maximum Gasteiger partial charge on any atom is 0.253 e. The molecule has 0 unspecified atom stereocenters. The Morgan fingerprint density at radius 1 is 1.30 bits per heavy atom. The van der Waals surface area contributed by atoms with Crippen molar-refractivity contribution in [2.24, 2.45) is 0 Å². The van der Waals surface area contributed by atoms with Crippen LogP contribution in [0.2, 0.25) is 5.02 Å². The topological polar surface area (TPSA) is 96.1 Å². The van der Waals surface area contributed by atoms with Crippen molar-refractivity contribution >= 4 is 39.9 Å². The maximum absolute atomic E-state index is 12.5. The van der Waals surface area contributed by atoms with Crippen LogP contribution in [0.25, 0.3) is 10.9 Å². The molecule has 0 fully saturated rings. The third-order valence-corrected chi connectivity index (χ3v) is 4.35. The fourth-order valence-corrected chi connectivity index (χ4v) is 3.04. The van der Waals surface area contributed by atoms with Gasteiger partial charge in [-0.25, -0.2) is 4.98 Å². The normalized spacial score (nSPS) is 11.9. The summed E-state index contributed by atoms with van der Waals surface area (Å²) < 4.78 is 5.18. The number of methoxy groups -OCH3 is 1. The van der Waals surface area contributed by atoms with E-state index in [1.807, 2.05) is 6.92 Å². The maximum atomic E-state index is 12.5. The van der Waals surface area contributed by atoms with Gasteiger partial charge in [-0.05, 0) is 25.1 Å². The molecule has 0 bridgehead atoms. The summed E-state index contributed by atoms with van der Waals surface area (Å²) in [4.78, 5) is 30.8. The highest BCUT2D eigenvalue weighted by molar-refractivity contribution is 6.32. The number of carbonyl (C=O) groups excluding carboxylic acids is 1. The molecule has 2 heterocycles. The highest BCUT2D eigenvalue weighted by atomic mass is 35.5. The number of nitrogens with one attached hydrogen (secondary N) is 3. The van der Waals surface area contributed by atoms with E-state index in [-0.39, 0.29) is 17.5 Å². The lowest BCUT2D eigenvalue weighted by molar-refractivity contribution is -0.114. The lowest BCUT2D eigenvalue weighted by Gasteiger charge is -2.16. The Bertz CT molecular complexity index is 1060. The molecular weight excluding hydrogens is 368 g/mol. The van der Waals surface area contributed by atoms with Gasteiger partial charge in [-0.15, -0.1) is 0 Å². The number of fused-ring (bicyclic) bond motifs is 1. The van der Waals surface area contributed by atoms with E-state index in [4.69, 9.17) is 16.3 Å². The third-order valence-electron chi connectivity index (χ3n) is 4.06. The Labute approximate surface area is 160 Å². The number of pyridine rings is 2. The number of H-pyrrole nitrogens is 1. The number of carbonyl (C=O) groups is 1. The molecule has 1 atom stereocenters. The summed E-state index contributed by atoms with van der Waals surface area (Å²) in [5, 5.41) is 7.13. The van der Waals surface area contributed by atoms with Crippen molar-refractivity contribution < 1.29 is 9.53 Å². The van der Waals surface area contributed by atoms with Crippen LogP contribution in [0.3, 0.4) is 0 Å². The van der Waals surface area contributed by atoms with E-state index in [1.165, 1.54) is 14.0 Å². The molecule has 3 rings (SSSR count). The fourth-order valence-electron chi connectivity index (χ4n) is 2.79. The van der Waals surface area contributed by atoms with Gasteiger partial charge in [0.25, 0.3) is 5.56 Å². The molecule has 0 aliphatic rings. The monoisotopic (exact) mass is 386 g/mol. The van der Waals surface area contributed by atoms with Crippen LogP contribution in [0.15, 0.2) is 41.3 Å². The van der Waals surface area contributed by atoms with E-state index in [1.54, 1.807) is 36.5 Å². The predicted molar refractivity (Wildman–Crippen MR) is 107 cm³/mol. The van der Waals surface area contributed by atoms with Gasteiger partial charge in [0.15, 0.2) is 0 Å². The largest absolute Gasteiger partial charge is 0.495 e. The SMILES string of the molecule is COc1cc2[nH]c(=O)c([C@H](C)Nc3cc(NC(C)=O)ccn3)cc2cc1Cl. The van der Waals surface area contributed by atoms with Crippen LogP contribution in [0.5, 0.6) is 5.75 Å². The number of halogens is 1. The van der Waals surface area contributed by atoms with Crippen LogP contribution < -0.4 is 20.9 Å². The Morgan fingerprint density at radius 2 is 2.07 bits per heavy atom. The average molecular weight is 387 g/mol. The van der Waals surface area contributed by atoms with Gasteiger partial charge in [0.1, 0.15) is 11.6 Å². The highest BCUT2D eigenvalue weighted by Gasteiger charge is 2.13. The minimum Gasteiger partial charge on any atom is -0.495 e. The number of amides is 1. The zero-order valence-corrected chi connectivity index (χ0v) is 15.8. The number of hydrogen-bond donors (Lipinski definition) is 3. The Kier molecular flexibility index (Phi) is 5.32. The highest BCUT2D eigenvalue weighted by Crippen LogP contribution is 2.29. The van der Waals surface area contributed by atoms with Gasteiger partial charge < -0.3 is 20.4 Å². The second kappa shape index (κ2) is 7.67. The Balaban J connectivity index is 1.91. The molecule has 1 amide bonds. The second-order valence-electron chi connectivity index (χ2n) is 6.10. The average Bonchev–Trinajstić information content (AvgIpc) is 2.60. The first-order valence-electron chi connectivity index (χ1n) is 8.28. The molecule has 140 valence electrons. The minimum atomic E-state index is -0.320. The number of hydrogen-bond acceptors (Lipinski definition) is 5. The molecule has 0 radical (unpaired) electrons. The number of benzene rings is 1. The smallest absolute Gasteiger partial charge is 0.253 e. The van der Waals surface area contributed by atoms with Crippen molar-refractivity contribution in [2.45, 2.75) is 19.9 Å². The van der Waals surface area contributed by atoms with Crippen molar-refractivity contribution in [2.75, 3.05) is 17.7 Å². The first kappa shape index (κ1) is 18.7. The van der Waals surface area contributed by atoms with Gasteiger partial charge in [0, 0.05) is 41.9 Å². The van der Waals surface area contributed by atoms with Crippen LogP contribution in [0, 0.1) is 0 Å². The number of nitrogens with zero attached hydrogens (tertiary/aromatic N) is 1. The van der Waals surface area contributed by atoms with Crippen molar-refractivity contribution in [3.63, 3.8) is 0 Å². The van der Waals surface area contributed by atoms with Crippen LogP contribution in [-0.4, -0.2) is 23.0 Å². The molecule has 0 aliphatic heterocycles. The van der Waals surface area contributed by atoms with Crippen molar-refractivity contribution in [3.8, 4) is 5.75 Å². The van der Waals surface area contributed by atoms with E-state index in [0.29, 0.717) is 33.4 Å². The van der Waals surface area contributed by atoms with Crippen molar-refractivity contribution in [3.05, 3.63) is 57.5 Å². The molecule has 1 aromatic carbocycles. The Morgan fingerprint density at radius 3 is 2.78 bits per heavy atom. The Hall–Kier alpha value is -3.06. The summed E-state index contributed by atoms with van der Waals surface area (Å²) in [7, 11) is 1.52. The van der Waals surface area contributed by atoms with E-state index >= 15 is 0 Å². The molecule has 7 nitrogen and oxygen atoms in total. The van der Waals surface area contributed by atoms with Gasteiger partial charge >= 0.3 is 0 Å². The summed E-state index contributed by atoms with van der Waals surface area (Å²) in [6.45, 7) is 3.29. The molecule has 8 heteroatoms. The molecule has 3 aromatic rings. The predicted octanol–water partition coefficient (Wildman–Crippen LogP) is 3.72. The number of aromatic amines is 1.